The third-order valence-electron chi connectivity index (χ3n) is 12.9. The van der Waals surface area contributed by atoms with E-state index in [-0.39, 0.29) is 45.6 Å². The number of ether oxygens (including phenoxy) is 1. The molecule has 0 saturated heterocycles. The summed E-state index contributed by atoms with van der Waals surface area (Å²) < 4.78 is 5.94. The van der Waals surface area contributed by atoms with Crippen LogP contribution in [0.15, 0.2) is 22.8 Å². The second kappa shape index (κ2) is 10.1. The maximum absolute atomic E-state index is 12.2. The summed E-state index contributed by atoms with van der Waals surface area (Å²) in [6.45, 7) is 22.0. The van der Waals surface area contributed by atoms with E-state index in [9.17, 15) is 15.0 Å². The number of aliphatic hydroxyl groups is 2. The quantitative estimate of drug-likeness (QED) is 0.275. The highest BCUT2D eigenvalue weighted by molar-refractivity contribution is 5.66. The molecule has 0 heterocycles. The molecule has 9 atom stereocenters. The van der Waals surface area contributed by atoms with Crippen molar-refractivity contribution < 1.29 is 19.7 Å². The minimum atomic E-state index is -0.780. The minimum absolute atomic E-state index is 0.0474. The Hall–Kier alpha value is -1.13. The smallest absolute Gasteiger partial charge is 0.303 e. The van der Waals surface area contributed by atoms with Gasteiger partial charge in [0, 0.05) is 6.92 Å². The molecule has 9 unspecified atom stereocenters. The van der Waals surface area contributed by atoms with E-state index in [0.717, 1.165) is 50.5 Å². The normalized spacial score (nSPS) is 41.2. The number of rotatable bonds is 6. The average Bonchev–Trinajstić information content (AvgIpc) is 3.11. The molecule has 4 heteroatoms. The number of aliphatic hydroxyl groups excluding tert-OH is 2. The molecule has 2 fully saturated rings. The van der Waals surface area contributed by atoms with Gasteiger partial charge in [-0.1, -0.05) is 72.6 Å². The molecule has 4 aliphatic carbocycles. The Kier molecular flexibility index (Phi) is 7.89. The third-order valence-corrected chi connectivity index (χ3v) is 12.9. The van der Waals surface area contributed by atoms with Gasteiger partial charge in [-0.2, -0.15) is 0 Å². The zero-order chi connectivity index (χ0) is 28.4. The zero-order valence-electron chi connectivity index (χ0n) is 26.0. The second-order valence-electron chi connectivity index (χ2n) is 15.1. The van der Waals surface area contributed by atoms with Crippen molar-refractivity contribution in [2.45, 2.75) is 139 Å². The van der Waals surface area contributed by atoms with Gasteiger partial charge in [-0.3, -0.25) is 4.79 Å². The maximum atomic E-state index is 12.2. The van der Waals surface area contributed by atoms with Gasteiger partial charge in [0.05, 0.1) is 6.10 Å². The monoisotopic (exact) mass is 528 g/mol. The maximum Gasteiger partial charge on any atom is 0.303 e. The predicted octanol–water partition coefficient (Wildman–Crippen LogP) is 7.63. The molecule has 4 rings (SSSR count). The largest absolute Gasteiger partial charge is 0.459 e. The highest BCUT2D eigenvalue weighted by atomic mass is 16.6. The second-order valence-corrected chi connectivity index (χ2v) is 15.1. The van der Waals surface area contributed by atoms with E-state index in [1.54, 1.807) is 11.1 Å². The van der Waals surface area contributed by atoms with Crippen LogP contribution in [-0.4, -0.2) is 34.5 Å². The molecule has 0 bridgehead atoms. The van der Waals surface area contributed by atoms with Gasteiger partial charge in [0.1, 0.15) is 12.2 Å². The molecule has 216 valence electrons. The number of allylic oxidation sites excluding steroid dienone is 3. The van der Waals surface area contributed by atoms with Crippen LogP contribution in [0.5, 0.6) is 0 Å². The summed E-state index contributed by atoms with van der Waals surface area (Å²) in [6.07, 6.45) is 9.32. The molecule has 0 aromatic carbocycles. The molecule has 2 N–H and O–H groups in total. The van der Waals surface area contributed by atoms with Crippen molar-refractivity contribution in [1.82, 2.24) is 0 Å². The van der Waals surface area contributed by atoms with Crippen LogP contribution in [0.1, 0.15) is 121 Å². The van der Waals surface area contributed by atoms with Gasteiger partial charge in [0.15, 0.2) is 0 Å². The summed E-state index contributed by atoms with van der Waals surface area (Å²) in [5.74, 6) is 0.850. The summed E-state index contributed by atoms with van der Waals surface area (Å²) in [7, 11) is 0. The third kappa shape index (κ3) is 4.26. The lowest BCUT2D eigenvalue weighted by Gasteiger charge is -2.62. The molecular weight excluding hydrogens is 472 g/mol. The Morgan fingerprint density at radius 2 is 1.63 bits per heavy atom. The Balaban J connectivity index is 1.70. The van der Waals surface area contributed by atoms with Crippen molar-refractivity contribution in [1.29, 1.82) is 0 Å². The first-order chi connectivity index (χ1) is 17.6. The lowest BCUT2D eigenvalue weighted by Crippen LogP contribution is -2.55. The van der Waals surface area contributed by atoms with E-state index < -0.39 is 12.2 Å². The van der Waals surface area contributed by atoms with Gasteiger partial charge in [-0.15, -0.1) is 0 Å². The van der Waals surface area contributed by atoms with Crippen molar-refractivity contribution in [3.05, 3.63) is 22.8 Å². The van der Waals surface area contributed by atoms with E-state index in [0.29, 0.717) is 11.8 Å². The Morgan fingerprint density at radius 3 is 2.21 bits per heavy atom. The predicted molar refractivity (Wildman–Crippen MR) is 154 cm³/mol. The molecule has 4 aliphatic rings. The summed E-state index contributed by atoms with van der Waals surface area (Å²) in [5.41, 5.74) is 4.75. The van der Waals surface area contributed by atoms with E-state index in [1.807, 2.05) is 13.0 Å². The van der Waals surface area contributed by atoms with Crippen molar-refractivity contribution >= 4 is 5.97 Å². The number of carbonyl (C=O) groups is 1. The lowest BCUT2D eigenvalue weighted by molar-refractivity contribution is -0.159. The zero-order valence-corrected chi connectivity index (χ0v) is 26.0. The number of hydrogen-bond donors (Lipinski definition) is 2. The fraction of sp³-hybridized carbons (Fsp3) is 0.853. The number of esters is 1. The van der Waals surface area contributed by atoms with Crippen LogP contribution in [0.2, 0.25) is 0 Å². The summed E-state index contributed by atoms with van der Waals surface area (Å²) in [6, 6.07) is 0. The molecule has 38 heavy (non-hydrogen) atoms. The SMILES string of the molecule is CC=C(C(C)C)C(O)C(OC(C)=O)C(C)C1CCC2(C)C3=C(CCC12C)C1(C)CCC(O)C(C)(C)C1CC3. The fourth-order valence-electron chi connectivity index (χ4n) is 10.5. The molecular formula is C34H56O4. The van der Waals surface area contributed by atoms with Gasteiger partial charge in [0.2, 0.25) is 0 Å². The summed E-state index contributed by atoms with van der Waals surface area (Å²) in [5, 5.41) is 22.4. The van der Waals surface area contributed by atoms with Gasteiger partial charge in [-0.05, 0) is 109 Å². The molecule has 2 saturated carbocycles. The topological polar surface area (TPSA) is 66.8 Å². The molecule has 0 aliphatic heterocycles. The Bertz CT molecular complexity index is 990. The van der Waals surface area contributed by atoms with Crippen LogP contribution in [0.25, 0.3) is 0 Å². The number of hydrogen-bond acceptors (Lipinski definition) is 4. The van der Waals surface area contributed by atoms with Crippen molar-refractivity contribution in [3.8, 4) is 0 Å². The Labute approximate surface area is 232 Å². The van der Waals surface area contributed by atoms with Crippen LogP contribution < -0.4 is 0 Å². The molecule has 0 spiro atoms. The summed E-state index contributed by atoms with van der Waals surface area (Å²) >= 11 is 0. The lowest BCUT2D eigenvalue weighted by atomic mass is 9.43. The van der Waals surface area contributed by atoms with E-state index in [4.69, 9.17) is 4.74 Å². The van der Waals surface area contributed by atoms with Crippen molar-refractivity contribution in [2.24, 2.45) is 45.3 Å². The molecule has 4 nitrogen and oxygen atoms in total. The summed E-state index contributed by atoms with van der Waals surface area (Å²) in [4.78, 5) is 12.2. The van der Waals surface area contributed by atoms with E-state index >= 15 is 0 Å². The minimum Gasteiger partial charge on any atom is -0.459 e. The van der Waals surface area contributed by atoms with Crippen LogP contribution in [0.3, 0.4) is 0 Å². The van der Waals surface area contributed by atoms with Gasteiger partial charge in [0.25, 0.3) is 0 Å². The van der Waals surface area contributed by atoms with Gasteiger partial charge in [-0.25, -0.2) is 0 Å². The highest BCUT2D eigenvalue weighted by Gasteiger charge is 2.64. The van der Waals surface area contributed by atoms with E-state index in [1.165, 1.54) is 13.3 Å². The van der Waals surface area contributed by atoms with Crippen LogP contribution >= 0.6 is 0 Å². The first-order valence-corrected chi connectivity index (χ1v) is 15.5. The fourth-order valence-corrected chi connectivity index (χ4v) is 10.5. The van der Waals surface area contributed by atoms with E-state index in [2.05, 4.69) is 55.4 Å². The highest BCUT2D eigenvalue weighted by Crippen LogP contribution is 2.72. The molecule has 0 aromatic rings. The van der Waals surface area contributed by atoms with Gasteiger partial charge < -0.3 is 14.9 Å². The van der Waals surface area contributed by atoms with Crippen LogP contribution in [0, 0.1) is 45.3 Å². The number of carbonyl (C=O) groups excluding carboxylic acids is 1. The molecule has 0 radical (unpaired) electrons. The number of fused-ring (bicyclic) bond motifs is 4. The first kappa shape index (κ1) is 29.8. The van der Waals surface area contributed by atoms with Crippen LogP contribution in [-0.2, 0) is 9.53 Å². The van der Waals surface area contributed by atoms with Crippen molar-refractivity contribution in [2.75, 3.05) is 0 Å². The first-order valence-electron chi connectivity index (χ1n) is 15.5. The molecule has 0 amide bonds. The van der Waals surface area contributed by atoms with Gasteiger partial charge >= 0.3 is 5.97 Å². The standard InChI is InChI=1S/C34H56O4/c1-11-23(20(2)3)29(37)30(38-22(5)35)21(4)24-14-18-34(10)26-12-13-27-31(6,7)28(36)16-17-32(27,8)25(26)15-19-33(24,34)9/h11,20-21,24,27-30,36-37H,12-19H2,1-10H3. The average molecular weight is 529 g/mol. The van der Waals surface area contributed by atoms with Crippen LogP contribution in [0.4, 0.5) is 0 Å². The van der Waals surface area contributed by atoms with Crippen molar-refractivity contribution in [3.63, 3.8) is 0 Å². The Morgan fingerprint density at radius 1 is 0.974 bits per heavy atom. The molecule has 0 aromatic heterocycles.